The van der Waals surface area contributed by atoms with Crippen molar-refractivity contribution in [3.63, 3.8) is 0 Å². The summed E-state index contributed by atoms with van der Waals surface area (Å²) in [4.78, 5) is 20.3. The van der Waals surface area contributed by atoms with Crippen molar-refractivity contribution >= 4 is 22.5 Å². The van der Waals surface area contributed by atoms with Crippen LogP contribution in [0.15, 0.2) is 61.3 Å². The van der Waals surface area contributed by atoms with Crippen LogP contribution in [0.25, 0.3) is 22.3 Å². The predicted octanol–water partition coefficient (Wildman–Crippen LogP) is 3.43. The number of terminal acetylenes is 1. The van der Waals surface area contributed by atoms with Crippen molar-refractivity contribution in [1.82, 2.24) is 9.97 Å². The Balaban J connectivity index is 1.91. The first kappa shape index (κ1) is 16.2. The van der Waals surface area contributed by atoms with Crippen molar-refractivity contribution in [1.29, 1.82) is 0 Å². The Morgan fingerprint density at radius 3 is 3.00 bits per heavy atom. The van der Waals surface area contributed by atoms with Crippen LogP contribution in [0.1, 0.15) is 0 Å². The number of hydrogen-bond donors (Lipinski definition) is 1. The second-order valence-electron chi connectivity index (χ2n) is 5.18. The molecule has 122 valence electrons. The molecular formula is C20H15N3O2. The molecule has 0 bridgehead atoms. The van der Waals surface area contributed by atoms with Gasteiger partial charge >= 0.3 is 0 Å². The maximum absolute atomic E-state index is 11.4. The number of carbonyl (C=O) groups excluding carboxylic acids is 1. The molecule has 0 fully saturated rings. The molecule has 3 rings (SSSR count). The molecule has 3 aromatic rings. The molecule has 0 spiro atoms. The summed E-state index contributed by atoms with van der Waals surface area (Å²) in [6, 6.07) is 12.9. The minimum atomic E-state index is -0.263. The highest BCUT2D eigenvalue weighted by Crippen LogP contribution is 2.24. The normalized spacial score (nSPS) is 10.0. The Kier molecular flexibility index (Phi) is 4.72. The zero-order valence-corrected chi connectivity index (χ0v) is 13.4. The van der Waals surface area contributed by atoms with Gasteiger partial charge in [0.2, 0.25) is 5.91 Å². The summed E-state index contributed by atoms with van der Waals surface area (Å²) in [7, 11) is 0. The van der Waals surface area contributed by atoms with Crippen LogP contribution in [0, 0.1) is 12.3 Å². The third-order valence-electron chi connectivity index (χ3n) is 3.45. The average molecular weight is 329 g/mol. The number of carbonyl (C=O) groups is 1. The molecule has 5 nitrogen and oxygen atoms in total. The van der Waals surface area contributed by atoms with Gasteiger partial charge in [0.05, 0.1) is 5.52 Å². The number of fused-ring (bicyclic) bond motifs is 1. The lowest BCUT2D eigenvalue weighted by Crippen LogP contribution is -2.07. The number of aromatic nitrogens is 2. The van der Waals surface area contributed by atoms with Crippen LogP contribution in [-0.4, -0.2) is 22.5 Å². The van der Waals surface area contributed by atoms with E-state index >= 15 is 0 Å². The Bertz CT molecular complexity index is 990. The fourth-order valence-corrected chi connectivity index (χ4v) is 2.29. The van der Waals surface area contributed by atoms with Gasteiger partial charge in [-0.25, -0.2) is 9.97 Å². The zero-order chi connectivity index (χ0) is 17.6. The molecule has 1 amide bonds. The molecule has 25 heavy (non-hydrogen) atoms. The molecule has 0 atom stereocenters. The molecule has 0 aliphatic carbocycles. The predicted molar refractivity (Wildman–Crippen MR) is 98.1 cm³/mol. The van der Waals surface area contributed by atoms with Crippen molar-refractivity contribution in [2.75, 3.05) is 11.9 Å². The van der Waals surface area contributed by atoms with E-state index in [1.54, 1.807) is 12.3 Å². The number of hydrogen-bond acceptors (Lipinski definition) is 4. The lowest BCUT2D eigenvalue weighted by atomic mass is 10.1. The Morgan fingerprint density at radius 2 is 2.20 bits per heavy atom. The van der Waals surface area contributed by atoms with E-state index in [-0.39, 0.29) is 12.5 Å². The average Bonchev–Trinajstić information content (AvgIpc) is 2.66. The molecule has 0 saturated heterocycles. The van der Waals surface area contributed by atoms with Gasteiger partial charge in [-0.15, -0.1) is 6.42 Å². The number of rotatable bonds is 5. The summed E-state index contributed by atoms with van der Waals surface area (Å²) in [5.74, 6) is 3.42. The Labute approximate surface area is 145 Å². The quantitative estimate of drug-likeness (QED) is 0.575. The van der Waals surface area contributed by atoms with E-state index in [9.17, 15) is 4.79 Å². The fraction of sp³-hybridized carbons (Fsp3) is 0.0500. The topological polar surface area (TPSA) is 64.1 Å². The highest BCUT2D eigenvalue weighted by Gasteiger charge is 2.06. The number of benzene rings is 2. The van der Waals surface area contributed by atoms with Gasteiger partial charge in [-0.2, -0.15) is 0 Å². The standard InChI is InChI=1S/C20H15N3O2/c1-3-10-25-17-7-5-6-14(12-17)20-21-13-15-11-16(22-19(24)4-2)8-9-18(15)23-20/h1,4-9,11-13H,2,10H2,(H,22,24). The summed E-state index contributed by atoms with van der Waals surface area (Å²) < 4.78 is 5.43. The van der Waals surface area contributed by atoms with Crippen LogP contribution < -0.4 is 10.1 Å². The lowest BCUT2D eigenvalue weighted by Gasteiger charge is -2.07. The van der Waals surface area contributed by atoms with E-state index < -0.39 is 0 Å². The molecule has 0 saturated carbocycles. The van der Waals surface area contributed by atoms with Crippen LogP contribution in [0.5, 0.6) is 5.75 Å². The van der Waals surface area contributed by atoms with Gasteiger partial charge in [0.1, 0.15) is 12.4 Å². The molecular weight excluding hydrogens is 314 g/mol. The van der Waals surface area contributed by atoms with Gasteiger partial charge in [-0.05, 0) is 36.4 Å². The maximum Gasteiger partial charge on any atom is 0.247 e. The number of nitrogens with one attached hydrogen (secondary N) is 1. The summed E-state index contributed by atoms with van der Waals surface area (Å²) >= 11 is 0. The Hall–Kier alpha value is -3.65. The highest BCUT2D eigenvalue weighted by atomic mass is 16.5. The van der Waals surface area contributed by atoms with E-state index in [2.05, 4.69) is 27.8 Å². The van der Waals surface area contributed by atoms with Crippen LogP contribution in [-0.2, 0) is 4.79 Å². The third-order valence-corrected chi connectivity index (χ3v) is 3.45. The van der Waals surface area contributed by atoms with Crippen LogP contribution >= 0.6 is 0 Å². The van der Waals surface area contributed by atoms with Gasteiger partial charge in [0, 0.05) is 22.8 Å². The van der Waals surface area contributed by atoms with Crippen molar-refractivity contribution in [3.05, 3.63) is 61.3 Å². The first-order chi connectivity index (χ1) is 12.2. The minimum absolute atomic E-state index is 0.210. The highest BCUT2D eigenvalue weighted by molar-refractivity contribution is 6.00. The van der Waals surface area contributed by atoms with E-state index in [1.165, 1.54) is 6.08 Å². The third kappa shape index (κ3) is 3.82. The first-order valence-electron chi connectivity index (χ1n) is 7.56. The van der Waals surface area contributed by atoms with Crippen molar-refractivity contribution in [2.24, 2.45) is 0 Å². The second-order valence-corrected chi connectivity index (χ2v) is 5.18. The van der Waals surface area contributed by atoms with Gasteiger partial charge < -0.3 is 10.1 Å². The van der Waals surface area contributed by atoms with Crippen LogP contribution in [0.3, 0.4) is 0 Å². The molecule has 1 aromatic heterocycles. The van der Waals surface area contributed by atoms with Crippen molar-refractivity contribution in [2.45, 2.75) is 0 Å². The number of anilines is 1. The molecule has 0 radical (unpaired) electrons. The van der Waals surface area contributed by atoms with Crippen LogP contribution in [0.2, 0.25) is 0 Å². The molecule has 1 heterocycles. The van der Waals surface area contributed by atoms with E-state index in [0.29, 0.717) is 17.3 Å². The summed E-state index contributed by atoms with van der Waals surface area (Å²) in [6.45, 7) is 3.64. The second kappa shape index (κ2) is 7.28. The van der Waals surface area contributed by atoms with Gasteiger partial charge in [0.25, 0.3) is 0 Å². The van der Waals surface area contributed by atoms with Gasteiger partial charge in [-0.1, -0.05) is 24.6 Å². The minimum Gasteiger partial charge on any atom is -0.481 e. The number of nitrogens with zero attached hydrogens (tertiary/aromatic N) is 2. The molecule has 0 aliphatic rings. The zero-order valence-electron chi connectivity index (χ0n) is 13.4. The maximum atomic E-state index is 11.4. The van der Waals surface area contributed by atoms with Gasteiger partial charge in [0.15, 0.2) is 5.82 Å². The SMILES string of the molecule is C#CCOc1cccc(-c2ncc3cc(NC(=O)C=C)ccc3n2)c1. The molecule has 2 aromatic carbocycles. The van der Waals surface area contributed by atoms with Crippen molar-refractivity contribution in [3.8, 4) is 29.5 Å². The number of ether oxygens (including phenoxy) is 1. The first-order valence-corrected chi connectivity index (χ1v) is 7.56. The van der Waals surface area contributed by atoms with E-state index in [4.69, 9.17) is 11.2 Å². The summed E-state index contributed by atoms with van der Waals surface area (Å²) in [5.41, 5.74) is 2.27. The number of amides is 1. The monoisotopic (exact) mass is 329 g/mol. The lowest BCUT2D eigenvalue weighted by molar-refractivity contribution is -0.111. The smallest absolute Gasteiger partial charge is 0.247 e. The largest absolute Gasteiger partial charge is 0.481 e. The van der Waals surface area contributed by atoms with Crippen LogP contribution in [0.4, 0.5) is 5.69 Å². The van der Waals surface area contributed by atoms with E-state index in [0.717, 1.165) is 16.5 Å². The summed E-state index contributed by atoms with van der Waals surface area (Å²) in [5, 5.41) is 3.54. The van der Waals surface area contributed by atoms with Gasteiger partial charge in [-0.3, -0.25) is 4.79 Å². The Morgan fingerprint density at radius 1 is 1.32 bits per heavy atom. The molecule has 0 aliphatic heterocycles. The molecule has 5 heteroatoms. The fourth-order valence-electron chi connectivity index (χ4n) is 2.29. The van der Waals surface area contributed by atoms with Crippen molar-refractivity contribution < 1.29 is 9.53 Å². The summed E-state index contributed by atoms with van der Waals surface area (Å²) in [6.07, 6.45) is 8.15. The van der Waals surface area contributed by atoms with E-state index in [1.807, 2.05) is 36.4 Å². The molecule has 1 N–H and O–H groups in total. The molecule has 0 unspecified atom stereocenters.